The summed E-state index contributed by atoms with van der Waals surface area (Å²) in [6.45, 7) is 2.02. The first-order chi connectivity index (χ1) is 9.56. The molecule has 1 unspecified atom stereocenters. The lowest BCUT2D eigenvalue weighted by Crippen LogP contribution is -2.17. The molecule has 2 aromatic rings. The van der Waals surface area contributed by atoms with Crippen LogP contribution in [0.1, 0.15) is 22.7 Å². The molecule has 0 aliphatic rings. The summed E-state index contributed by atoms with van der Waals surface area (Å²) >= 11 is 12.1. The van der Waals surface area contributed by atoms with Crippen molar-refractivity contribution in [1.82, 2.24) is 5.32 Å². The van der Waals surface area contributed by atoms with E-state index in [1.807, 2.05) is 38.2 Å². The Labute approximate surface area is 129 Å². The second-order valence-corrected chi connectivity index (χ2v) is 5.44. The van der Waals surface area contributed by atoms with Crippen molar-refractivity contribution in [1.29, 1.82) is 0 Å². The van der Waals surface area contributed by atoms with E-state index in [4.69, 9.17) is 27.9 Å². The van der Waals surface area contributed by atoms with Gasteiger partial charge in [0.1, 0.15) is 5.75 Å². The molecule has 1 N–H and O–H groups in total. The molecular formula is C16H17Cl2NO. The van der Waals surface area contributed by atoms with Crippen molar-refractivity contribution in [3.05, 3.63) is 63.1 Å². The van der Waals surface area contributed by atoms with E-state index in [1.54, 1.807) is 7.11 Å². The van der Waals surface area contributed by atoms with Gasteiger partial charge in [0.2, 0.25) is 0 Å². The first-order valence-corrected chi connectivity index (χ1v) is 7.09. The normalized spacial score (nSPS) is 12.2. The van der Waals surface area contributed by atoms with Gasteiger partial charge in [0, 0.05) is 0 Å². The molecule has 2 aromatic carbocycles. The molecule has 0 bridgehead atoms. The molecule has 0 spiro atoms. The highest BCUT2D eigenvalue weighted by Crippen LogP contribution is 2.31. The van der Waals surface area contributed by atoms with Gasteiger partial charge >= 0.3 is 0 Å². The van der Waals surface area contributed by atoms with E-state index >= 15 is 0 Å². The van der Waals surface area contributed by atoms with Crippen molar-refractivity contribution in [2.24, 2.45) is 0 Å². The number of aryl methyl sites for hydroxylation is 1. The van der Waals surface area contributed by atoms with Crippen LogP contribution in [0, 0.1) is 6.92 Å². The maximum absolute atomic E-state index is 6.10. The predicted octanol–water partition coefficient (Wildman–Crippen LogP) is 4.62. The van der Waals surface area contributed by atoms with Crippen LogP contribution >= 0.6 is 23.2 Å². The Bertz CT molecular complexity index is 613. The lowest BCUT2D eigenvalue weighted by Gasteiger charge is -2.19. The van der Waals surface area contributed by atoms with Gasteiger partial charge in [-0.1, -0.05) is 41.4 Å². The Morgan fingerprint density at radius 2 is 1.65 bits per heavy atom. The molecule has 0 saturated carbocycles. The third kappa shape index (κ3) is 3.09. The predicted molar refractivity (Wildman–Crippen MR) is 85.1 cm³/mol. The minimum absolute atomic E-state index is 0.0410. The largest absolute Gasteiger partial charge is 0.496 e. The Morgan fingerprint density at radius 3 is 2.25 bits per heavy atom. The van der Waals surface area contributed by atoms with Gasteiger partial charge in [-0.05, 0) is 48.9 Å². The zero-order valence-corrected chi connectivity index (χ0v) is 13.2. The van der Waals surface area contributed by atoms with Crippen molar-refractivity contribution < 1.29 is 4.74 Å². The van der Waals surface area contributed by atoms with E-state index < -0.39 is 0 Å². The number of methoxy groups -OCH3 is 1. The fourth-order valence-corrected chi connectivity index (χ4v) is 2.54. The van der Waals surface area contributed by atoms with E-state index in [2.05, 4.69) is 17.4 Å². The van der Waals surface area contributed by atoms with E-state index in [9.17, 15) is 0 Å². The van der Waals surface area contributed by atoms with E-state index in [-0.39, 0.29) is 6.04 Å². The minimum Gasteiger partial charge on any atom is -0.496 e. The molecule has 0 aromatic heterocycles. The molecule has 106 valence electrons. The number of benzene rings is 2. The fraction of sp³-hybridized carbons (Fsp3) is 0.250. The van der Waals surface area contributed by atoms with Crippen LogP contribution < -0.4 is 10.1 Å². The minimum atomic E-state index is 0.0410. The number of rotatable bonds is 4. The molecule has 0 fully saturated rings. The smallest absolute Gasteiger partial charge is 0.122 e. The van der Waals surface area contributed by atoms with E-state index in [1.165, 1.54) is 0 Å². The highest BCUT2D eigenvalue weighted by atomic mass is 35.5. The quantitative estimate of drug-likeness (QED) is 0.890. The third-order valence-electron chi connectivity index (χ3n) is 3.33. The van der Waals surface area contributed by atoms with Gasteiger partial charge in [0.15, 0.2) is 0 Å². The van der Waals surface area contributed by atoms with Crippen molar-refractivity contribution in [2.45, 2.75) is 13.0 Å². The zero-order valence-electron chi connectivity index (χ0n) is 11.7. The summed E-state index contributed by atoms with van der Waals surface area (Å²) in [5.74, 6) is 0.878. The molecule has 4 heteroatoms. The number of halogens is 2. The monoisotopic (exact) mass is 309 g/mol. The van der Waals surface area contributed by atoms with Gasteiger partial charge in [-0.15, -0.1) is 0 Å². The maximum atomic E-state index is 6.10. The van der Waals surface area contributed by atoms with Crippen LogP contribution in [-0.4, -0.2) is 14.2 Å². The first kappa shape index (κ1) is 15.2. The van der Waals surface area contributed by atoms with Crippen LogP contribution in [0.2, 0.25) is 10.0 Å². The SMILES string of the molecule is CNC(c1ccc(Cl)c(Cl)c1)c1ccc(C)c(OC)c1. The van der Waals surface area contributed by atoms with Crippen molar-refractivity contribution >= 4 is 23.2 Å². The van der Waals surface area contributed by atoms with Gasteiger partial charge in [-0.3, -0.25) is 0 Å². The summed E-state index contributed by atoms with van der Waals surface area (Å²) in [5.41, 5.74) is 3.29. The van der Waals surface area contributed by atoms with Crippen LogP contribution in [0.15, 0.2) is 36.4 Å². The third-order valence-corrected chi connectivity index (χ3v) is 4.07. The Morgan fingerprint density at radius 1 is 1.00 bits per heavy atom. The molecule has 1 atom stereocenters. The van der Waals surface area contributed by atoms with Crippen molar-refractivity contribution in [3.63, 3.8) is 0 Å². The molecule has 2 nitrogen and oxygen atoms in total. The highest BCUT2D eigenvalue weighted by molar-refractivity contribution is 6.42. The highest BCUT2D eigenvalue weighted by Gasteiger charge is 2.14. The molecule has 0 radical (unpaired) electrons. The topological polar surface area (TPSA) is 21.3 Å². The fourth-order valence-electron chi connectivity index (χ4n) is 2.23. The molecule has 0 heterocycles. The lowest BCUT2D eigenvalue weighted by molar-refractivity contribution is 0.410. The van der Waals surface area contributed by atoms with Crippen LogP contribution in [0.3, 0.4) is 0 Å². The second-order valence-electron chi connectivity index (χ2n) is 4.62. The molecule has 0 amide bonds. The number of hydrogen-bond acceptors (Lipinski definition) is 2. The van der Waals surface area contributed by atoms with Gasteiger partial charge < -0.3 is 10.1 Å². The summed E-state index contributed by atoms with van der Waals surface area (Å²) in [7, 11) is 3.60. The summed E-state index contributed by atoms with van der Waals surface area (Å²) < 4.78 is 5.38. The standard InChI is InChI=1S/C16H17Cl2NO/c1-10-4-5-12(9-15(10)20-3)16(19-2)11-6-7-13(17)14(18)8-11/h4-9,16,19H,1-3H3. The van der Waals surface area contributed by atoms with Crippen LogP contribution in [0.4, 0.5) is 0 Å². The zero-order chi connectivity index (χ0) is 14.7. The number of nitrogens with one attached hydrogen (secondary N) is 1. The average molecular weight is 310 g/mol. The first-order valence-electron chi connectivity index (χ1n) is 6.33. The summed E-state index contributed by atoms with van der Waals surface area (Å²) in [5, 5.41) is 4.42. The van der Waals surface area contributed by atoms with Gasteiger partial charge in [0.05, 0.1) is 23.2 Å². The van der Waals surface area contributed by atoms with Crippen LogP contribution in [0.5, 0.6) is 5.75 Å². The average Bonchev–Trinajstić information content (AvgIpc) is 2.45. The van der Waals surface area contributed by atoms with Gasteiger partial charge in [0.25, 0.3) is 0 Å². The van der Waals surface area contributed by atoms with Gasteiger partial charge in [-0.25, -0.2) is 0 Å². The lowest BCUT2D eigenvalue weighted by atomic mass is 9.97. The molecular weight excluding hydrogens is 293 g/mol. The van der Waals surface area contributed by atoms with Crippen LogP contribution in [0.25, 0.3) is 0 Å². The molecule has 0 aliphatic heterocycles. The summed E-state index contributed by atoms with van der Waals surface area (Å²) in [6.07, 6.45) is 0. The molecule has 0 saturated heterocycles. The van der Waals surface area contributed by atoms with E-state index in [0.717, 1.165) is 22.4 Å². The molecule has 20 heavy (non-hydrogen) atoms. The number of ether oxygens (including phenoxy) is 1. The second kappa shape index (κ2) is 6.49. The van der Waals surface area contributed by atoms with Crippen molar-refractivity contribution in [2.75, 3.05) is 14.2 Å². The summed E-state index contributed by atoms with van der Waals surface area (Å²) in [4.78, 5) is 0. The Balaban J connectivity index is 2.43. The van der Waals surface area contributed by atoms with E-state index in [0.29, 0.717) is 10.0 Å². The summed E-state index contributed by atoms with van der Waals surface area (Å²) in [6, 6.07) is 11.9. The van der Waals surface area contributed by atoms with Crippen molar-refractivity contribution in [3.8, 4) is 5.75 Å². The Kier molecular flexibility index (Phi) is 4.92. The van der Waals surface area contributed by atoms with Crippen LogP contribution in [-0.2, 0) is 0 Å². The number of hydrogen-bond donors (Lipinski definition) is 1. The molecule has 2 rings (SSSR count). The maximum Gasteiger partial charge on any atom is 0.122 e. The molecule has 0 aliphatic carbocycles. The Hall–Kier alpha value is -1.22. The van der Waals surface area contributed by atoms with Gasteiger partial charge in [-0.2, -0.15) is 0 Å².